The van der Waals surface area contributed by atoms with E-state index in [9.17, 15) is 0 Å². The van der Waals surface area contributed by atoms with Crippen LogP contribution in [-0.2, 0) is 11.8 Å². The van der Waals surface area contributed by atoms with Crippen molar-refractivity contribution in [3.05, 3.63) is 76.4 Å². The Bertz CT molecular complexity index is 854. The largest absolute Gasteiger partial charge is 0.0801 e. The lowest BCUT2D eigenvalue weighted by Crippen LogP contribution is -2.15. The van der Waals surface area contributed by atoms with Crippen molar-refractivity contribution in [2.75, 3.05) is 0 Å². The predicted octanol–water partition coefficient (Wildman–Crippen LogP) is 6.21. The fourth-order valence-electron chi connectivity index (χ4n) is 4.23. The molecule has 0 heterocycles. The van der Waals surface area contributed by atoms with E-state index in [4.69, 9.17) is 0 Å². The monoisotopic (exact) mass is 300 g/mol. The summed E-state index contributed by atoms with van der Waals surface area (Å²) in [5, 5.41) is 0. The molecule has 0 unspecified atom stereocenters. The maximum Gasteiger partial charge on any atom is -0.000730 e. The third-order valence-corrected chi connectivity index (χ3v) is 5.27. The molecule has 0 spiro atoms. The number of benzene rings is 2. The molecule has 0 saturated heterocycles. The molecule has 2 aliphatic carbocycles. The Morgan fingerprint density at radius 1 is 1.00 bits per heavy atom. The van der Waals surface area contributed by atoms with Crippen LogP contribution in [0.1, 0.15) is 55.0 Å². The summed E-state index contributed by atoms with van der Waals surface area (Å²) in [5.74, 6) is 0. The number of allylic oxidation sites excluding steroid dienone is 4. The van der Waals surface area contributed by atoms with Gasteiger partial charge in [0.1, 0.15) is 0 Å². The molecular formula is C23H24. The molecule has 0 heteroatoms. The minimum absolute atomic E-state index is 0.165. The number of rotatable bonds is 1. The Morgan fingerprint density at radius 2 is 1.78 bits per heavy atom. The lowest BCUT2D eigenvalue weighted by atomic mass is 9.78. The van der Waals surface area contributed by atoms with Gasteiger partial charge in [0, 0.05) is 0 Å². The molecule has 2 aromatic carbocycles. The van der Waals surface area contributed by atoms with Crippen molar-refractivity contribution >= 4 is 5.57 Å². The fourth-order valence-corrected chi connectivity index (χ4v) is 4.23. The number of hydrogen-bond donors (Lipinski definition) is 0. The summed E-state index contributed by atoms with van der Waals surface area (Å²) in [6.07, 6.45) is 8.92. The van der Waals surface area contributed by atoms with Crippen LogP contribution in [0.2, 0.25) is 0 Å². The zero-order chi connectivity index (χ0) is 16.2. The standard InChI is InChI=1S/C23H24/c1-15-21(23(2,3)4)14-19-18-12-8-7-11-17(18)13-20(19)22(15)16-9-5-6-10-16/h5-9,11-12,14H,10,13H2,1-4H3. The van der Waals surface area contributed by atoms with Gasteiger partial charge in [0.2, 0.25) is 0 Å². The van der Waals surface area contributed by atoms with Crippen molar-refractivity contribution in [3.8, 4) is 11.1 Å². The molecule has 0 aliphatic heterocycles. The molecule has 116 valence electrons. The molecule has 2 aliphatic rings. The van der Waals surface area contributed by atoms with Crippen LogP contribution in [0, 0.1) is 6.92 Å². The van der Waals surface area contributed by atoms with Gasteiger partial charge >= 0.3 is 0 Å². The molecule has 4 rings (SSSR count). The normalized spacial score (nSPS) is 15.6. The predicted molar refractivity (Wildman–Crippen MR) is 99.9 cm³/mol. The highest BCUT2D eigenvalue weighted by molar-refractivity contribution is 5.87. The summed E-state index contributed by atoms with van der Waals surface area (Å²) in [7, 11) is 0. The van der Waals surface area contributed by atoms with Crippen molar-refractivity contribution in [2.45, 2.75) is 46.0 Å². The molecular weight excluding hydrogens is 276 g/mol. The first-order valence-corrected chi connectivity index (χ1v) is 8.58. The van der Waals surface area contributed by atoms with Gasteiger partial charge < -0.3 is 0 Å². The Kier molecular flexibility index (Phi) is 3.13. The second-order valence-electron chi connectivity index (χ2n) is 7.86. The quantitative estimate of drug-likeness (QED) is 0.501. The highest BCUT2D eigenvalue weighted by Crippen LogP contribution is 2.46. The zero-order valence-electron chi connectivity index (χ0n) is 14.5. The highest BCUT2D eigenvalue weighted by atomic mass is 14.3. The lowest BCUT2D eigenvalue weighted by Gasteiger charge is -2.26. The second kappa shape index (κ2) is 4.96. The van der Waals surface area contributed by atoms with Crippen LogP contribution >= 0.6 is 0 Å². The molecule has 0 fully saturated rings. The van der Waals surface area contributed by atoms with E-state index < -0.39 is 0 Å². The minimum Gasteiger partial charge on any atom is -0.0801 e. The van der Waals surface area contributed by atoms with Gasteiger partial charge in [-0.25, -0.2) is 0 Å². The highest BCUT2D eigenvalue weighted by Gasteiger charge is 2.28. The van der Waals surface area contributed by atoms with Gasteiger partial charge in [-0.2, -0.15) is 0 Å². The summed E-state index contributed by atoms with van der Waals surface area (Å²) in [5.41, 5.74) is 12.0. The van der Waals surface area contributed by atoms with Crippen molar-refractivity contribution in [1.82, 2.24) is 0 Å². The first kappa shape index (κ1) is 14.5. The van der Waals surface area contributed by atoms with Crippen LogP contribution in [0.4, 0.5) is 0 Å². The van der Waals surface area contributed by atoms with Gasteiger partial charge in [0.05, 0.1) is 0 Å². The third-order valence-electron chi connectivity index (χ3n) is 5.27. The summed E-state index contributed by atoms with van der Waals surface area (Å²) in [4.78, 5) is 0. The molecule has 0 amide bonds. The van der Waals surface area contributed by atoms with Crippen LogP contribution in [0.3, 0.4) is 0 Å². The Morgan fingerprint density at radius 3 is 2.48 bits per heavy atom. The zero-order valence-corrected chi connectivity index (χ0v) is 14.5. The van der Waals surface area contributed by atoms with Crippen molar-refractivity contribution < 1.29 is 0 Å². The van der Waals surface area contributed by atoms with E-state index in [1.165, 1.54) is 44.5 Å². The van der Waals surface area contributed by atoms with Crippen LogP contribution in [-0.4, -0.2) is 0 Å². The van der Waals surface area contributed by atoms with E-state index in [2.05, 4.69) is 76.3 Å². The van der Waals surface area contributed by atoms with E-state index >= 15 is 0 Å². The minimum atomic E-state index is 0.165. The van der Waals surface area contributed by atoms with Crippen molar-refractivity contribution in [3.63, 3.8) is 0 Å². The van der Waals surface area contributed by atoms with E-state index in [0.717, 1.165) is 12.8 Å². The second-order valence-corrected chi connectivity index (χ2v) is 7.86. The summed E-state index contributed by atoms with van der Waals surface area (Å²) >= 11 is 0. The van der Waals surface area contributed by atoms with Crippen LogP contribution < -0.4 is 0 Å². The SMILES string of the molecule is Cc1c(C(C)(C)C)cc2c(c1C1=CC=CC1)Cc1ccccc1-2. The van der Waals surface area contributed by atoms with Gasteiger partial charge in [-0.3, -0.25) is 0 Å². The van der Waals surface area contributed by atoms with Gasteiger partial charge in [-0.05, 0) is 69.7 Å². The van der Waals surface area contributed by atoms with Gasteiger partial charge in [-0.1, -0.05) is 69.3 Å². The van der Waals surface area contributed by atoms with Gasteiger partial charge in [0.25, 0.3) is 0 Å². The first-order valence-electron chi connectivity index (χ1n) is 8.58. The molecule has 2 aromatic rings. The first-order chi connectivity index (χ1) is 11.0. The fraction of sp³-hybridized carbons (Fsp3) is 0.304. The molecule has 0 atom stereocenters. The lowest BCUT2D eigenvalue weighted by molar-refractivity contribution is 0.586. The van der Waals surface area contributed by atoms with E-state index in [0.29, 0.717) is 0 Å². The smallest absolute Gasteiger partial charge is 0.000730 e. The van der Waals surface area contributed by atoms with Crippen LogP contribution in [0.15, 0.2) is 48.6 Å². The van der Waals surface area contributed by atoms with E-state index in [-0.39, 0.29) is 5.41 Å². The molecule has 0 bridgehead atoms. The van der Waals surface area contributed by atoms with Crippen molar-refractivity contribution in [1.29, 1.82) is 0 Å². The Balaban J connectivity index is 2.04. The maximum absolute atomic E-state index is 2.46. The summed E-state index contributed by atoms with van der Waals surface area (Å²) in [6.45, 7) is 9.30. The third kappa shape index (κ3) is 2.20. The molecule has 0 aromatic heterocycles. The van der Waals surface area contributed by atoms with Gasteiger partial charge in [0.15, 0.2) is 0 Å². The molecule has 0 saturated carbocycles. The maximum atomic E-state index is 2.46. The average Bonchev–Trinajstić information content (AvgIpc) is 3.12. The molecule has 0 nitrogen and oxygen atoms in total. The Hall–Kier alpha value is -2.08. The van der Waals surface area contributed by atoms with E-state index in [1.54, 1.807) is 0 Å². The van der Waals surface area contributed by atoms with Gasteiger partial charge in [-0.15, -0.1) is 0 Å². The van der Waals surface area contributed by atoms with Crippen molar-refractivity contribution in [2.24, 2.45) is 0 Å². The number of hydrogen-bond acceptors (Lipinski definition) is 0. The number of fused-ring (bicyclic) bond motifs is 3. The topological polar surface area (TPSA) is 0 Å². The molecule has 23 heavy (non-hydrogen) atoms. The molecule has 0 N–H and O–H groups in total. The summed E-state index contributed by atoms with van der Waals surface area (Å²) < 4.78 is 0. The summed E-state index contributed by atoms with van der Waals surface area (Å²) in [6, 6.07) is 11.4. The van der Waals surface area contributed by atoms with Crippen LogP contribution in [0.25, 0.3) is 16.7 Å². The molecule has 0 radical (unpaired) electrons. The average molecular weight is 300 g/mol. The van der Waals surface area contributed by atoms with E-state index in [1.807, 2.05) is 0 Å². The van der Waals surface area contributed by atoms with Crippen LogP contribution in [0.5, 0.6) is 0 Å². The Labute approximate surface area is 139 Å².